The Balaban J connectivity index is 3.48. The highest BCUT2D eigenvalue weighted by molar-refractivity contribution is 5.76. The summed E-state index contributed by atoms with van der Waals surface area (Å²) in [6, 6.07) is -0.554. The summed E-state index contributed by atoms with van der Waals surface area (Å²) in [7, 11) is 0. The second-order valence-electron chi connectivity index (χ2n) is 16.4. The molecule has 0 aromatic heterocycles. The van der Waals surface area contributed by atoms with E-state index in [1.54, 1.807) is 0 Å². The Bertz CT molecular complexity index is 802. The molecule has 0 aliphatic carbocycles. The topological polar surface area (TPSA) is 95.9 Å². The number of rotatable bonds is 44. The average Bonchev–Trinajstić information content (AvgIpc) is 3.17. The highest BCUT2D eigenvalue weighted by atomic mass is 16.5. The number of aliphatic hydroxyl groups excluding tert-OH is 2. The number of esters is 1. The molecule has 0 aliphatic heterocycles. The van der Waals surface area contributed by atoms with Crippen molar-refractivity contribution in [2.24, 2.45) is 0 Å². The van der Waals surface area contributed by atoms with Gasteiger partial charge in [0.05, 0.1) is 25.4 Å². The van der Waals surface area contributed by atoms with E-state index in [-0.39, 0.29) is 18.5 Å². The van der Waals surface area contributed by atoms with Gasteiger partial charge in [0.25, 0.3) is 0 Å². The van der Waals surface area contributed by atoms with Crippen LogP contribution in [0.5, 0.6) is 0 Å². The summed E-state index contributed by atoms with van der Waals surface area (Å²) >= 11 is 0. The van der Waals surface area contributed by atoms with E-state index in [0.717, 1.165) is 57.8 Å². The number of aliphatic hydroxyl groups is 2. The van der Waals surface area contributed by atoms with Gasteiger partial charge in [-0.05, 0) is 51.4 Å². The van der Waals surface area contributed by atoms with Gasteiger partial charge in [0, 0.05) is 12.8 Å². The summed E-state index contributed by atoms with van der Waals surface area (Å²) in [6.07, 6.45) is 48.8. The molecule has 0 saturated carbocycles. The zero-order valence-electron chi connectivity index (χ0n) is 36.2. The normalized spacial score (nSPS) is 12.7. The lowest BCUT2D eigenvalue weighted by atomic mass is 10.0. The number of hydrogen-bond acceptors (Lipinski definition) is 5. The molecular weight excluding hydrogens is 671 g/mol. The molecule has 3 N–H and O–H groups in total. The number of allylic oxidation sites excluding steroid dienone is 2. The number of ether oxygens (including phenoxy) is 1. The van der Waals surface area contributed by atoms with Crippen LogP contribution in [0, 0.1) is 0 Å². The summed E-state index contributed by atoms with van der Waals surface area (Å²) in [5, 5.41) is 23.2. The van der Waals surface area contributed by atoms with Crippen LogP contribution >= 0.6 is 0 Å². The molecule has 0 bridgehead atoms. The highest BCUT2D eigenvalue weighted by Crippen LogP contribution is 2.16. The molecule has 0 fully saturated rings. The molecule has 6 nitrogen and oxygen atoms in total. The van der Waals surface area contributed by atoms with Crippen molar-refractivity contribution in [2.75, 3.05) is 13.2 Å². The minimum atomic E-state index is -0.675. The second kappa shape index (κ2) is 44.3. The average molecular weight is 764 g/mol. The first kappa shape index (κ1) is 52.6. The predicted molar refractivity (Wildman–Crippen MR) is 232 cm³/mol. The van der Waals surface area contributed by atoms with Crippen molar-refractivity contribution < 1.29 is 24.5 Å². The van der Waals surface area contributed by atoms with Crippen molar-refractivity contribution in [1.82, 2.24) is 5.32 Å². The fraction of sp³-hybridized carbons (Fsp3) is 0.917. The Morgan fingerprint density at radius 3 is 1.35 bits per heavy atom. The number of carbonyl (C=O) groups is 2. The number of unbranched alkanes of at least 4 members (excludes halogenated alkanes) is 31. The first-order valence-electron chi connectivity index (χ1n) is 23.9. The first-order valence-corrected chi connectivity index (χ1v) is 23.9. The number of hydrogen-bond donors (Lipinski definition) is 3. The lowest BCUT2D eigenvalue weighted by molar-refractivity contribution is -0.143. The van der Waals surface area contributed by atoms with Crippen LogP contribution in [0.3, 0.4) is 0 Å². The zero-order valence-corrected chi connectivity index (χ0v) is 36.2. The van der Waals surface area contributed by atoms with E-state index < -0.39 is 12.1 Å². The fourth-order valence-electron chi connectivity index (χ4n) is 7.34. The van der Waals surface area contributed by atoms with E-state index in [4.69, 9.17) is 4.74 Å². The lowest BCUT2D eigenvalue weighted by Crippen LogP contribution is -2.45. The molecular formula is C48H93NO5. The Labute approximate surface area is 336 Å². The van der Waals surface area contributed by atoms with Crippen molar-refractivity contribution in [2.45, 2.75) is 270 Å². The largest absolute Gasteiger partial charge is 0.466 e. The summed E-state index contributed by atoms with van der Waals surface area (Å²) < 4.78 is 5.43. The zero-order chi connectivity index (χ0) is 39.4. The van der Waals surface area contributed by atoms with Crippen LogP contribution in [0.15, 0.2) is 12.2 Å². The van der Waals surface area contributed by atoms with Gasteiger partial charge in [-0.2, -0.15) is 0 Å². The van der Waals surface area contributed by atoms with E-state index in [2.05, 4.69) is 31.3 Å². The van der Waals surface area contributed by atoms with Crippen LogP contribution in [0.25, 0.3) is 0 Å². The number of nitrogens with one attached hydrogen (secondary N) is 1. The van der Waals surface area contributed by atoms with Crippen LogP contribution in [-0.4, -0.2) is 47.4 Å². The third-order valence-corrected chi connectivity index (χ3v) is 11.1. The fourth-order valence-corrected chi connectivity index (χ4v) is 7.34. The Morgan fingerprint density at radius 1 is 0.500 bits per heavy atom. The maximum Gasteiger partial charge on any atom is 0.305 e. The van der Waals surface area contributed by atoms with Gasteiger partial charge in [0.2, 0.25) is 5.91 Å². The maximum absolute atomic E-state index is 12.4. The summed E-state index contributed by atoms with van der Waals surface area (Å²) in [6.45, 7) is 4.88. The standard InChI is InChI=1S/C48H93NO5/c1-3-5-7-9-11-13-15-17-18-20-24-28-32-36-40-46(51)45(44-50)49-47(52)41-37-33-29-25-21-19-23-27-31-35-39-43-54-48(53)42-38-34-30-26-22-16-14-12-10-8-6-4-2/h12,14,45-46,50-51H,3-11,13,15-44H2,1-2H3,(H,49,52)/b14-12-. The van der Waals surface area contributed by atoms with Gasteiger partial charge < -0.3 is 20.3 Å². The van der Waals surface area contributed by atoms with Gasteiger partial charge in [-0.25, -0.2) is 0 Å². The molecule has 0 saturated heterocycles. The van der Waals surface area contributed by atoms with E-state index >= 15 is 0 Å². The lowest BCUT2D eigenvalue weighted by Gasteiger charge is -2.22. The van der Waals surface area contributed by atoms with Gasteiger partial charge in [-0.1, -0.05) is 206 Å². The number of carbonyl (C=O) groups excluding carboxylic acids is 2. The molecule has 0 spiro atoms. The van der Waals surface area contributed by atoms with E-state index in [0.29, 0.717) is 25.9 Å². The van der Waals surface area contributed by atoms with Crippen LogP contribution < -0.4 is 5.32 Å². The molecule has 54 heavy (non-hydrogen) atoms. The minimum Gasteiger partial charge on any atom is -0.466 e. The van der Waals surface area contributed by atoms with Crippen LogP contribution in [0.4, 0.5) is 0 Å². The third-order valence-electron chi connectivity index (χ3n) is 11.1. The molecule has 320 valence electrons. The molecule has 0 rings (SSSR count). The Kier molecular flexibility index (Phi) is 43.2. The molecule has 2 unspecified atom stereocenters. The number of amides is 1. The van der Waals surface area contributed by atoms with E-state index in [1.165, 1.54) is 167 Å². The van der Waals surface area contributed by atoms with Gasteiger partial charge in [-0.15, -0.1) is 0 Å². The molecule has 6 heteroatoms. The molecule has 0 aromatic carbocycles. The monoisotopic (exact) mass is 764 g/mol. The van der Waals surface area contributed by atoms with Gasteiger partial charge in [0.15, 0.2) is 0 Å². The first-order chi connectivity index (χ1) is 26.5. The summed E-state index contributed by atoms with van der Waals surface area (Å²) in [4.78, 5) is 24.4. The minimum absolute atomic E-state index is 0.0237. The molecule has 0 radical (unpaired) electrons. The van der Waals surface area contributed by atoms with Crippen molar-refractivity contribution >= 4 is 11.9 Å². The third kappa shape index (κ3) is 40.3. The molecule has 0 aromatic rings. The van der Waals surface area contributed by atoms with Gasteiger partial charge >= 0.3 is 5.97 Å². The highest BCUT2D eigenvalue weighted by Gasteiger charge is 2.20. The second-order valence-corrected chi connectivity index (χ2v) is 16.4. The molecule has 1 amide bonds. The van der Waals surface area contributed by atoms with Crippen molar-refractivity contribution in [3.63, 3.8) is 0 Å². The summed E-state index contributed by atoms with van der Waals surface area (Å²) in [5.74, 6) is -0.0778. The van der Waals surface area contributed by atoms with Crippen molar-refractivity contribution in [1.29, 1.82) is 0 Å². The molecule has 0 heterocycles. The van der Waals surface area contributed by atoms with Gasteiger partial charge in [-0.3, -0.25) is 9.59 Å². The Hall–Kier alpha value is -1.40. The quantitative estimate of drug-likeness (QED) is 0.0326. The Morgan fingerprint density at radius 2 is 0.870 bits per heavy atom. The van der Waals surface area contributed by atoms with Crippen molar-refractivity contribution in [3.05, 3.63) is 12.2 Å². The van der Waals surface area contributed by atoms with E-state index in [1.807, 2.05) is 0 Å². The smallest absolute Gasteiger partial charge is 0.305 e. The molecule has 0 aliphatic rings. The SMILES string of the molecule is CCCCC/C=C\CCCCCCCC(=O)OCCCCCCCCCCCCCC(=O)NC(CO)C(O)CCCCCCCCCCCCCCCC. The summed E-state index contributed by atoms with van der Waals surface area (Å²) in [5.41, 5.74) is 0. The predicted octanol–water partition coefficient (Wildman–Crippen LogP) is 13.8. The van der Waals surface area contributed by atoms with Gasteiger partial charge in [0.1, 0.15) is 0 Å². The van der Waals surface area contributed by atoms with Crippen LogP contribution in [0.2, 0.25) is 0 Å². The molecule has 2 atom stereocenters. The maximum atomic E-state index is 12.4. The van der Waals surface area contributed by atoms with Crippen LogP contribution in [-0.2, 0) is 14.3 Å². The van der Waals surface area contributed by atoms with Crippen LogP contribution in [0.1, 0.15) is 258 Å². The van der Waals surface area contributed by atoms with Crippen molar-refractivity contribution in [3.8, 4) is 0 Å². The van der Waals surface area contributed by atoms with E-state index in [9.17, 15) is 19.8 Å².